The van der Waals surface area contributed by atoms with Gasteiger partial charge in [-0.15, -0.1) is 0 Å². The number of hydrogen-bond acceptors (Lipinski definition) is 2. The Morgan fingerprint density at radius 3 is 2.80 bits per heavy atom. The number of nitrogens with zero attached hydrogens (tertiary/aromatic N) is 2. The molecule has 1 heterocycles. The zero-order chi connectivity index (χ0) is 14.7. The van der Waals surface area contributed by atoms with Crippen LogP contribution in [-0.4, -0.2) is 15.8 Å². The van der Waals surface area contributed by atoms with Crippen molar-refractivity contribution in [1.29, 1.82) is 0 Å². The molecule has 2 N–H and O–H groups in total. The van der Waals surface area contributed by atoms with E-state index in [1.807, 2.05) is 17.7 Å². The molecule has 0 aliphatic carbocycles. The molecule has 0 fully saturated rings. The molecule has 1 unspecified atom stereocenters. The molecule has 5 heteroatoms. The van der Waals surface area contributed by atoms with Gasteiger partial charge >= 0.3 is 0 Å². The Balaban J connectivity index is 2.10. The lowest BCUT2D eigenvalue weighted by Gasteiger charge is -2.13. The average Bonchev–Trinajstić information content (AvgIpc) is 2.66. The normalized spacial score (nSPS) is 12.7. The molecular weight excluding hydrogens is 321 g/mol. The Morgan fingerprint density at radius 2 is 2.15 bits per heavy atom. The topological polar surface area (TPSA) is 43.8 Å². The molecule has 0 radical (unpaired) electrons. The molecule has 2 aromatic rings. The quantitative estimate of drug-likeness (QED) is 0.908. The van der Waals surface area contributed by atoms with Gasteiger partial charge in [-0.3, -0.25) is 4.68 Å². The maximum absolute atomic E-state index is 13.2. The Bertz CT molecular complexity index is 595. The molecule has 2 rings (SSSR count). The van der Waals surface area contributed by atoms with Crippen LogP contribution in [0.25, 0.3) is 0 Å². The Hall–Kier alpha value is -1.20. The molecule has 3 nitrogen and oxygen atoms in total. The van der Waals surface area contributed by atoms with E-state index >= 15 is 0 Å². The largest absolute Gasteiger partial charge is 0.327 e. The zero-order valence-electron chi connectivity index (χ0n) is 11.7. The smallest absolute Gasteiger partial charge is 0.123 e. The summed E-state index contributed by atoms with van der Waals surface area (Å²) in [6, 6.07) is 6.54. The van der Waals surface area contributed by atoms with Crippen molar-refractivity contribution in [3.05, 3.63) is 51.5 Å². The van der Waals surface area contributed by atoms with Crippen LogP contribution in [-0.2, 0) is 19.4 Å². The Labute approximate surface area is 127 Å². The van der Waals surface area contributed by atoms with Crippen molar-refractivity contribution < 1.29 is 4.39 Å². The van der Waals surface area contributed by atoms with Gasteiger partial charge in [0, 0.05) is 19.0 Å². The van der Waals surface area contributed by atoms with Crippen LogP contribution in [0.5, 0.6) is 0 Å². The Morgan fingerprint density at radius 1 is 1.40 bits per heavy atom. The number of benzene rings is 1. The molecule has 1 atom stereocenters. The van der Waals surface area contributed by atoms with E-state index in [0.29, 0.717) is 12.8 Å². The highest BCUT2D eigenvalue weighted by atomic mass is 79.9. The summed E-state index contributed by atoms with van der Waals surface area (Å²) in [5.41, 5.74) is 9.21. The lowest BCUT2D eigenvalue weighted by atomic mass is 10.0. The van der Waals surface area contributed by atoms with E-state index < -0.39 is 0 Å². The third-order valence-corrected chi connectivity index (χ3v) is 4.33. The van der Waals surface area contributed by atoms with E-state index in [2.05, 4.69) is 28.0 Å². The summed E-state index contributed by atoms with van der Waals surface area (Å²) in [5, 5.41) is 4.46. The fraction of sp³-hybridized carbons (Fsp3) is 0.400. The van der Waals surface area contributed by atoms with Crippen molar-refractivity contribution in [3.63, 3.8) is 0 Å². The van der Waals surface area contributed by atoms with Crippen molar-refractivity contribution in [2.75, 3.05) is 0 Å². The zero-order valence-corrected chi connectivity index (χ0v) is 13.3. The molecule has 1 aromatic heterocycles. The fourth-order valence-electron chi connectivity index (χ4n) is 2.35. The summed E-state index contributed by atoms with van der Waals surface area (Å²) in [5.74, 6) is -0.217. The van der Waals surface area contributed by atoms with Crippen molar-refractivity contribution in [2.24, 2.45) is 5.73 Å². The van der Waals surface area contributed by atoms with E-state index in [1.165, 1.54) is 12.1 Å². The number of aryl methyl sites for hydroxylation is 2. The minimum absolute atomic E-state index is 0.0606. The third kappa shape index (κ3) is 3.46. The molecule has 0 bridgehead atoms. The average molecular weight is 340 g/mol. The van der Waals surface area contributed by atoms with E-state index in [4.69, 9.17) is 5.73 Å². The second-order valence-corrected chi connectivity index (χ2v) is 5.75. The fourth-order valence-corrected chi connectivity index (χ4v) is 2.80. The Kier molecular flexibility index (Phi) is 4.94. The van der Waals surface area contributed by atoms with Crippen molar-refractivity contribution in [3.8, 4) is 0 Å². The van der Waals surface area contributed by atoms with Crippen LogP contribution in [0.2, 0.25) is 0 Å². The molecule has 20 heavy (non-hydrogen) atoms. The highest BCUT2D eigenvalue weighted by Gasteiger charge is 2.15. The maximum Gasteiger partial charge on any atom is 0.123 e. The van der Waals surface area contributed by atoms with Gasteiger partial charge < -0.3 is 5.73 Å². The van der Waals surface area contributed by atoms with Gasteiger partial charge in [0.15, 0.2) is 0 Å². The first-order chi connectivity index (χ1) is 9.51. The van der Waals surface area contributed by atoms with Crippen LogP contribution in [0.15, 0.2) is 28.7 Å². The van der Waals surface area contributed by atoms with Gasteiger partial charge in [0.1, 0.15) is 5.82 Å². The van der Waals surface area contributed by atoms with Crippen LogP contribution in [0, 0.1) is 12.7 Å². The van der Waals surface area contributed by atoms with Crippen LogP contribution in [0.1, 0.15) is 23.9 Å². The van der Waals surface area contributed by atoms with Crippen LogP contribution >= 0.6 is 15.9 Å². The number of rotatable bonds is 5. The van der Waals surface area contributed by atoms with E-state index in [-0.39, 0.29) is 11.9 Å². The summed E-state index contributed by atoms with van der Waals surface area (Å²) < 4.78 is 16.2. The number of aromatic nitrogens is 2. The molecule has 108 valence electrons. The predicted octanol–water partition coefficient (Wildman–Crippen LogP) is 3.23. The lowest BCUT2D eigenvalue weighted by molar-refractivity contribution is 0.571. The van der Waals surface area contributed by atoms with Gasteiger partial charge in [0.2, 0.25) is 0 Å². The second-order valence-electron chi connectivity index (χ2n) is 4.96. The summed E-state index contributed by atoms with van der Waals surface area (Å²) in [6.07, 6.45) is 1.36. The van der Waals surface area contributed by atoms with E-state index in [0.717, 1.165) is 28.0 Å². The molecular formula is C15H19BrFN3. The number of hydrogen-bond donors (Lipinski definition) is 1. The summed E-state index contributed by atoms with van der Waals surface area (Å²) in [7, 11) is 0. The lowest BCUT2D eigenvalue weighted by Crippen LogP contribution is -2.27. The van der Waals surface area contributed by atoms with E-state index in [9.17, 15) is 4.39 Å². The first kappa shape index (κ1) is 15.2. The van der Waals surface area contributed by atoms with Crippen molar-refractivity contribution in [2.45, 2.75) is 39.3 Å². The SMILES string of the molecule is CCn1nc(C)c(Br)c1CC(N)Cc1cccc(F)c1. The van der Waals surface area contributed by atoms with Gasteiger partial charge in [-0.05, 0) is 53.9 Å². The predicted molar refractivity (Wildman–Crippen MR) is 82.1 cm³/mol. The first-order valence-corrected chi connectivity index (χ1v) is 7.52. The first-order valence-electron chi connectivity index (χ1n) is 6.73. The maximum atomic E-state index is 13.2. The number of nitrogens with two attached hydrogens (primary N) is 1. The van der Waals surface area contributed by atoms with Gasteiger partial charge in [0.25, 0.3) is 0 Å². The second kappa shape index (κ2) is 6.50. The standard InChI is InChI=1S/C15H19BrFN3/c1-3-20-14(15(16)10(2)19-20)9-13(18)8-11-5-4-6-12(17)7-11/h4-7,13H,3,8-9,18H2,1-2H3. The van der Waals surface area contributed by atoms with Gasteiger partial charge in [-0.2, -0.15) is 5.10 Å². The van der Waals surface area contributed by atoms with Gasteiger partial charge in [-0.1, -0.05) is 12.1 Å². The van der Waals surface area contributed by atoms with Gasteiger partial charge in [0.05, 0.1) is 15.9 Å². The van der Waals surface area contributed by atoms with Crippen LogP contribution in [0.3, 0.4) is 0 Å². The summed E-state index contributed by atoms with van der Waals surface area (Å²) in [4.78, 5) is 0. The molecule has 0 saturated heterocycles. The minimum atomic E-state index is -0.217. The summed E-state index contributed by atoms with van der Waals surface area (Å²) >= 11 is 3.57. The summed E-state index contributed by atoms with van der Waals surface area (Å²) in [6.45, 7) is 4.84. The monoisotopic (exact) mass is 339 g/mol. The van der Waals surface area contributed by atoms with Gasteiger partial charge in [-0.25, -0.2) is 4.39 Å². The van der Waals surface area contributed by atoms with Crippen LogP contribution < -0.4 is 5.73 Å². The molecule has 0 amide bonds. The third-order valence-electron chi connectivity index (χ3n) is 3.30. The van der Waals surface area contributed by atoms with Crippen molar-refractivity contribution >= 4 is 15.9 Å². The van der Waals surface area contributed by atoms with Crippen molar-refractivity contribution in [1.82, 2.24) is 9.78 Å². The highest BCUT2D eigenvalue weighted by molar-refractivity contribution is 9.10. The molecule has 0 saturated carbocycles. The highest BCUT2D eigenvalue weighted by Crippen LogP contribution is 2.22. The number of halogens is 2. The molecule has 0 aliphatic heterocycles. The van der Waals surface area contributed by atoms with E-state index in [1.54, 1.807) is 6.07 Å². The molecule has 0 aliphatic rings. The van der Waals surface area contributed by atoms with Crippen LogP contribution in [0.4, 0.5) is 4.39 Å². The minimum Gasteiger partial charge on any atom is -0.327 e. The molecule has 0 spiro atoms. The molecule has 1 aromatic carbocycles.